The van der Waals surface area contributed by atoms with E-state index in [1.165, 1.54) is 44.6 Å². The molecule has 8 N–H and O–H groups in total. The summed E-state index contributed by atoms with van der Waals surface area (Å²) in [6, 6.07) is 18.6. The van der Waals surface area contributed by atoms with Crippen LogP contribution in [0.4, 0.5) is 13.2 Å². The molecule has 0 fully saturated rings. The third kappa shape index (κ3) is 8.72. The fourth-order valence-corrected chi connectivity index (χ4v) is 6.32. The van der Waals surface area contributed by atoms with Crippen molar-refractivity contribution in [3.8, 4) is 16.2 Å². The molecule has 0 saturated carbocycles. The van der Waals surface area contributed by atoms with Gasteiger partial charge in [-0.1, -0.05) is 53.1 Å². The summed E-state index contributed by atoms with van der Waals surface area (Å²) in [4.78, 5) is 13.2. The number of benzene rings is 2. The summed E-state index contributed by atoms with van der Waals surface area (Å²) in [7, 11) is -0.324. The van der Waals surface area contributed by atoms with Gasteiger partial charge in [-0.15, -0.1) is 24.5 Å². The number of ether oxygens (including phenoxy) is 1. The summed E-state index contributed by atoms with van der Waals surface area (Å²) >= 11 is 1.71. The van der Waals surface area contributed by atoms with Crippen LogP contribution in [-0.4, -0.2) is 35.2 Å². The second-order valence-corrected chi connectivity index (χ2v) is 11.1. The quantitative estimate of drug-likeness (QED) is 0.165. The Labute approximate surface area is 219 Å². The van der Waals surface area contributed by atoms with Gasteiger partial charge in [0.1, 0.15) is 17.5 Å². The zero-order chi connectivity index (χ0) is 27.0. The number of hydrogen-bond acceptors (Lipinski definition) is 6. The second kappa shape index (κ2) is 12.9. The van der Waals surface area contributed by atoms with Crippen molar-refractivity contribution in [1.29, 1.82) is 0 Å². The summed E-state index contributed by atoms with van der Waals surface area (Å²) in [5.41, 5.74) is 11.9. The van der Waals surface area contributed by atoms with E-state index < -0.39 is 18.3 Å². The highest BCUT2D eigenvalue weighted by atomic mass is 32.2. The van der Waals surface area contributed by atoms with Crippen molar-refractivity contribution in [3.63, 3.8) is 0 Å². The maximum Gasteiger partial charge on any atom is 0.573 e. The van der Waals surface area contributed by atoms with Crippen LogP contribution in [0.3, 0.4) is 0 Å². The van der Waals surface area contributed by atoms with Crippen LogP contribution in [0.15, 0.2) is 82.8 Å². The number of primary amides is 1. The molecule has 1 unspecified atom stereocenters. The lowest BCUT2D eigenvalue weighted by atomic mass is 10.0. The minimum absolute atomic E-state index is 0.0971. The zero-order valence-corrected chi connectivity index (χ0v) is 21.7. The summed E-state index contributed by atoms with van der Waals surface area (Å²) < 4.78 is 45.6. The average molecular weight is 553 g/mol. The molecule has 2 aromatic carbocycles. The lowest BCUT2D eigenvalue weighted by molar-refractivity contribution is -0.305. The first kappa shape index (κ1) is 28.4. The van der Waals surface area contributed by atoms with Crippen LogP contribution in [0, 0.1) is 0 Å². The van der Waals surface area contributed by atoms with E-state index in [0.29, 0.717) is 17.8 Å². The van der Waals surface area contributed by atoms with E-state index in [1.807, 2.05) is 25.1 Å². The Morgan fingerprint density at radius 2 is 1.84 bits per heavy atom. The standard InChI is InChI=1S/C25H28F3N5O2S2/c1-2-37(23-13-12-22(36-23)18-6-4-3-5-7-18)32-15-19(29)16-33(31)21(24(30)34)14-17-8-10-20(11-9-17)35-25(26,27)28/h2-13,16,21,32H,14-15,29,31H2,1H3,(H2,30,34)/p+1/b19-16-/t21-,37?/m0/s1. The third-order valence-corrected chi connectivity index (χ3v) is 8.37. The number of nitrogens with two attached hydrogens (primary N) is 2. The van der Waals surface area contributed by atoms with Crippen LogP contribution >= 0.6 is 22.0 Å². The molecule has 7 nitrogen and oxygen atoms in total. The van der Waals surface area contributed by atoms with Crippen molar-refractivity contribution < 1.29 is 28.4 Å². The number of hydrogen-bond donors (Lipinski definition) is 4. The Kier molecular flexibility index (Phi) is 9.89. The minimum atomic E-state index is -4.78. The van der Waals surface area contributed by atoms with Gasteiger partial charge in [0.2, 0.25) is 5.91 Å². The maximum absolute atomic E-state index is 12.4. The van der Waals surface area contributed by atoms with Gasteiger partial charge in [0, 0.05) is 11.3 Å². The van der Waals surface area contributed by atoms with Gasteiger partial charge in [-0.25, -0.2) is 5.84 Å². The highest BCUT2D eigenvalue weighted by Gasteiger charge is 2.31. The molecule has 0 saturated heterocycles. The molecule has 0 radical (unpaired) electrons. The monoisotopic (exact) mass is 552 g/mol. The number of rotatable bonds is 11. The number of amides is 1. The first-order valence-corrected chi connectivity index (χ1v) is 13.3. The largest absolute Gasteiger partial charge is 0.573 e. The molecule has 12 heteroatoms. The number of nitrogens with zero attached hydrogens (tertiary/aromatic N) is 1. The summed E-state index contributed by atoms with van der Waals surface area (Å²) in [5, 5.41) is 3.26. The molecule has 0 aliphatic heterocycles. The van der Waals surface area contributed by atoms with E-state index in [2.05, 4.69) is 44.8 Å². The van der Waals surface area contributed by atoms with Crippen molar-refractivity contribution in [2.75, 3.05) is 6.54 Å². The van der Waals surface area contributed by atoms with Gasteiger partial charge >= 0.3 is 6.36 Å². The molecule has 2 atom stereocenters. The van der Waals surface area contributed by atoms with Crippen molar-refractivity contribution >= 4 is 33.3 Å². The first-order valence-electron chi connectivity index (χ1n) is 11.2. The fraction of sp³-hybridized carbons (Fsp3) is 0.200. The summed E-state index contributed by atoms with van der Waals surface area (Å²) in [5.74, 6) is 5.08. The Hall–Kier alpha value is -3.16. The topological polar surface area (TPSA) is 121 Å². The van der Waals surface area contributed by atoms with Crippen molar-refractivity contribution in [2.45, 2.75) is 30.0 Å². The second-order valence-electron chi connectivity index (χ2n) is 7.93. The molecule has 0 spiro atoms. The van der Waals surface area contributed by atoms with Crippen molar-refractivity contribution in [2.24, 2.45) is 11.6 Å². The van der Waals surface area contributed by atoms with Gasteiger partial charge < -0.3 is 16.2 Å². The maximum atomic E-state index is 12.4. The van der Waals surface area contributed by atoms with Gasteiger partial charge in [0.25, 0.3) is 0 Å². The van der Waals surface area contributed by atoms with Crippen LogP contribution in [0.1, 0.15) is 12.5 Å². The first-order chi connectivity index (χ1) is 17.6. The van der Waals surface area contributed by atoms with Gasteiger partial charge in [0.15, 0.2) is 0 Å². The number of halogens is 3. The van der Waals surface area contributed by atoms with E-state index in [1.54, 1.807) is 11.3 Å². The molecule has 3 rings (SSSR count). The molecule has 1 aromatic heterocycles. The molecule has 37 heavy (non-hydrogen) atoms. The van der Waals surface area contributed by atoms with Gasteiger partial charge in [-0.2, -0.15) is 0 Å². The Morgan fingerprint density at radius 1 is 1.16 bits per heavy atom. The van der Waals surface area contributed by atoms with E-state index in [-0.39, 0.29) is 22.8 Å². The highest BCUT2D eigenvalue weighted by molar-refractivity contribution is 8.14. The van der Waals surface area contributed by atoms with Crippen LogP contribution in [0.5, 0.6) is 5.75 Å². The Morgan fingerprint density at radius 3 is 2.43 bits per heavy atom. The molecular weight excluding hydrogens is 523 g/mol. The number of hydrazine groups is 1. The lowest BCUT2D eigenvalue weighted by Crippen LogP contribution is -2.54. The Bertz CT molecular complexity index is 1250. The molecule has 1 amide bonds. The smallest absolute Gasteiger partial charge is 0.406 e. The van der Waals surface area contributed by atoms with Crippen LogP contribution < -0.4 is 26.8 Å². The molecule has 0 aliphatic carbocycles. The SMILES string of the molecule is CC=S(NC/C([NH3+])=C/N(N)[C@@H](Cc1ccc(OC(F)(F)F)cc1)C(N)=O)c1ccc(-c2ccccc2)s1. The van der Waals surface area contributed by atoms with Crippen LogP contribution in [0.2, 0.25) is 0 Å². The number of thiophene rings is 1. The van der Waals surface area contributed by atoms with Gasteiger partial charge in [0.05, 0.1) is 17.0 Å². The molecule has 0 bridgehead atoms. The highest BCUT2D eigenvalue weighted by Crippen LogP contribution is 2.35. The fourth-order valence-electron chi connectivity index (χ4n) is 3.39. The molecular formula is C25H29F3N5O2S2+. The number of quaternary nitrogens is 1. The Balaban J connectivity index is 1.61. The van der Waals surface area contributed by atoms with E-state index in [9.17, 15) is 18.0 Å². The van der Waals surface area contributed by atoms with Gasteiger partial charge in [-0.05, 0) is 47.7 Å². The van der Waals surface area contributed by atoms with Crippen LogP contribution in [0.25, 0.3) is 10.4 Å². The molecule has 0 aliphatic rings. The number of carbonyl (C=O) groups is 1. The lowest BCUT2D eigenvalue weighted by Gasteiger charge is -2.23. The molecule has 3 aromatic rings. The number of nitrogens with one attached hydrogen (secondary N) is 1. The normalized spacial score (nSPS) is 13.8. The molecule has 1 heterocycles. The number of carbonyl (C=O) groups excluding carboxylic acids is 1. The van der Waals surface area contributed by atoms with E-state index >= 15 is 0 Å². The van der Waals surface area contributed by atoms with E-state index in [0.717, 1.165) is 5.56 Å². The number of alkyl halides is 3. The predicted octanol–water partition coefficient (Wildman–Crippen LogP) is 3.62. The van der Waals surface area contributed by atoms with Crippen LogP contribution in [-0.2, 0) is 11.2 Å². The third-order valence-electron chi connectivity index (χ3n) is 5.15. The van der Waals surface area contributed by atoms with Gasteiger partial charge in [-0.3, -0.25) is 14.5 Å². The zero-order valence-electron chi connectivity index (χ0n) is 20.1. The van der Waals surface area contributed by atoms with Crippen molar-refractivity contribution in [1.82, 2.24) is 9.73 Å². The van der Waals surface area contributed by atoms with E-state index in [4.69, 9.17) is 11.6 Å². The average Bonchev–Trinajstić information content (AvgIpc) is 3.33. The minimum Gasteiger partial charge on any atom is -0.406 e. The molecule has 198 valence electrons. The van der Waals surface area contributed by atoms with Crippen molar-refractivity contribution in [3.05, 3.63) is 84.2 Å². The summed E-state index contributed by atoms with van der Waals surface area (Å²) in [6.07, 6.45) is -3.15. The predicted molar refractivity (Wildman–Crippen MR) is 142 cm³/mol. The summed E-state index contributed by atoms with van der Waals surface area (Å²) in [6.45, 7) is 2.39.